The Bertz CT molecular complexity index is 1080. The van der Waals surface area contributed by atoms with Gasteiger partial charge in [-0.15, -0.1) is 0 Å². The maximum Gasteiger partial charge on any atom is 0.418 e. The van der Waals surface area contributed by atoms with E-state index < -0.39 is 27.9 Å². The van der Waals surface area contributed by atoms with E-state index in [2.05, 4.69) is 14.7 Å². The maximum absolute atomic E-state index is 14.0. The van der Waals surface area contributed by atoms with Crippen molar-refractivity contribution in [3.63, 3.8) is 0 Å². The molecule has 7 nitrogen and oxygen atoms in total. The van der Waals surface area contributed by atoms with Gasteiger partial charge in [-0.3, -0.25) is 0 Å². The lowest BCUT2D eigenvalue weighted by atomic mass is 9.99. The van der Waals surface area contributed by atoms with E-state index in [4.69, 9.17) is 0 Å². The van der Waals surface area contributed by atoms with E-state index in [1.807, 2.05) is 23.6 Å². The predicted molar refractivity (Wildman–Crippen MR) is 116 cm³/mol. The standard InChI is InChI=1S/C21H26F4N4O3S/c1-13(2)17-12-28(15-5-6-16(22)18(9-15)33(4,30)31)7-8-29(17)20-26-10-14(11-27-20)19(32-3)21(23,24)25/h5-6,9-11,13,17,19H,7-8,12H2,1-4H3/t17-,19?/m0/s1. The molecule has 0 radical (unpaired) electrons. The fraction of sp³-hybridized carbons (Fsp3) is 0.524. The normalized spacial score (nSPS) is 18.6. The smallest absolute Gasteiger partial charge is 0.368 e. The first-order valence-electron chi connectivity index (χ1n) is 10.3. The molecular weight excluding hydrogens is 464 g/mol. The predicted octanol–water partition coefficient (Wildman–Crippen LogP) is 3.62. The van der Waals surface area contributed by atoms with Crippen molar-refractivity contribution in [3.05, 3.63) is 42.0 Å². The summed E-state index contributed by atoms with van der Waals surface area (Å²) < 4.78 is 81.7. The van der Waals surface area contributed by atoms with E-state index in [1.54, 1.807) is 0 Å². The van der Waals surface area contributed by atoms with Gasteiger partial charge in [-0.25, -0.2) is 22.8 Å². The third kappa shape index (κ3) is 5.55. The second kappa shape index (κ2) is 9.41. The number of sulfone groups is 1. The third-order valence-corrected chi connectivity index (χ3v) is 6.73. The Hall–Kier alpha value is -2.47. The SMILES string of the molecule is COC(c1cnc(N2CCN(c3ccc(F)c(S(C)(=O)=O)c3)C[C@H]2C(C)C)nc1)C(F)(F)F. The number of rotatable bonds is 6. The number of hydrogen-bond acceptors (Lipinski definition) is 7. The van der Waals surface area contributed by atoms with Crippen LogP contribution in [0.15, 0.2) is 35.5 Å². The number of ether oxygens (including phenoxy) is 1. The Balaban J connectivity index is 1.84. The zero-order valence-corrected chi connectivity index (χ0v) is 19.5. The van der Waals surface area contributed by atoms with E-state index in [1.165, 1.54) is 12.1 Å². The molecule has 1 aliphatic rings. The fourth-order valence-electron chi connectivity index (χ4n) is 3.91. The number of anilines is 2. The van der Waals surface area contributed by atoms with E-state index in [0.29, 0.717) is 31.3 Å². The van der Waals surface area contributed by atoms with Crippen LogP contribution in [0.4, 0.5) is 29.2 Å². The van der Waals surface area contributed by atoms with Crippen molar-refractivity contribution >= 4 is 21.5 Å². The molecule has 2 atom stereocenters. The number of nitrogens with zero attached hydrogens (tertiary/aromatic N) is 4. The summed E-state index contributed by atoms with van der Waals surface area (Å²) in [7, 11) is -2.75. The Morgan fingerprint density at radius 1 is 1.15 bits per heavy atom. The number of hydrogen-bond donors (Lipinski definition) is 0. The van der Waals surface area contributed by atoms with Crippen LogP contribution in [-0.2, 0) is 14.6 Å². The number of halogens is 4. The summed E-state index contributed by atoms with van der Waals surface area (Å²) in [5.74, 6) is -0.389. The molecule has 0 N–H and O–H groups in total. The number of benzene rings is 1. The van der Waals surface area contributed by atoms with Gasteiger partial charge in [-0.05, 0) is 24.1 Å². The fourth-order valence-corrected chi connectivity index (χ4v) is 4.67. The van der Waals surface area contributed by atoms with Crippen molar-refractivity contribution in [1.29, 1.82) is 0 Å². The molecule has 33 heavy (non-hydrogen) atoms. The van der Waals surface area contributed by atoms with E-state index in [0.717, 1.165) is 31.8 Å². The van der Waals surface area contributed by atoms with Gasteiger partial charge in [0.05, 0.1) is 6.04 Å². The minimum atomic E-state index is -4.58. The molecule has 2 aromatic rings. The minimum absolute atomic E-state index is 0.114. The van der Waals surface area contributed by atoms with Gasteiger partial charge >= 0.3 is 6.18 Å². The van der Waals surface area contributed by atoms with Crippen LogP contribution in [0.5, 0.6) is 0 Å². The zero-order chi connectivity index (χ0) is 24.6. The maximum atomic E-state index is 14.0. The highest BCUT2D eigenvalue weighted by molar-refractivity contribution is 7.90. The van der Waals surface area contributed by atoms with E-state index in [-0.39, 0.29) is 22.4 Å². The lowest BCUT2D eigenvalue weighted by molar-refractivity contribution is -0.216. The van der Waals surface area contributed by atoms with Crippen LogP contribution < -0.4 is 9.80 Å². The Kier molecular flexibility index (Phi) is 7.18. The van der Waals surface area contributed by atoms with Crippen LogP contribution in [0, 0.1) is 11.7 Å². The number of aromatic nitrogens is 2. The molecule has 0 spiro atoms. The minimum Gasteiger partial charge on any atom is -0.368 e. The van der Waals surface area contributed by atoms with E-state index in [9.17, 15) is 26.0 Å². The van der Waals surface area contributed by atoms with Crippen LogP contribution in [0.1, 0.15) is 25.5 Å². The molecule has 3 rings (SSSR count). The van der Waals surface area contributed by atoms with Crippen molar-refractivity contribution in [3.8, 4) is 0 Å². The molecule has 0 aliphatic carbocycles. The first-order chi connectivity index (χ1) is 15.3. The van der Waals surface area contributed by atoms with Crippen LogP contribution in [-0.4, -0.2) is 63.6 Å². The summed E-state index contributed by atoms with van der Waals surface area (Å²) in [6.45, 7) is 5.37. The Labute approximate surface area is 190 Å². The van der Waals surface area contributed by atoms with E-state index >= 15 is 0 Å². The van der Waals surface area contributed by atoms with Gasteiger partial charge in [0, 0.05) is 56.6 Å². The number of piperazine rings is 1. The van der Waals surface area contributed by atoms with Gasteiger partial charge in [0.1, 0.15) is 10.7 Å². The highest BCUT2D eigenvalue weighted by atomic mass is 32.2. The monoisotopic (exact) mass is 490 g/mol. The molecule has 0 saturated carbocycles. The van der Waals surface area contributed by atoms with Gasteiger partial charge < -0.3 is 14.5 Å². The van der Waals surface area contributed by atoms with Gasteiger partial charge in [0.25, 0.3) is 0 Å². The van der Waals surface area contributed by atoms with Gasteiger partial charge in [0.15, 0.2) is 15.9 Å². The topological polar surface area (TPSA) is 75.6 Å². The first-order valence-corrected chi connectivity index (χ1v) is 12.1. The van der Waals surface area contributed by atoms with Gasteiger partial charge in [-0.1, -0.05) is 13.8 Å². The lowest BCUT2D eigenvalue weighted by Crippen LogP contribution is -2.56. The third-order valence-electron chi connectivity index (χ3n) is 5.62. The highest BCUT2D eigenvalue weighted by Crippen LogP contribution is 2.35. The molecule has 182 valence electrons. The molecule has 1 unspecified atom stereocenters. The summed E-state index contributed by atoms with van der Waals surface area (Å²) in [6.07, 6.45) is -3.49. The highest BCUT2D eigenvalue weighted by Gasteiger charge is 2.42. The van der Waals surface area contributed by atoms with Crippen LogP contribution in [0.25, 0.3) is 0 Å². The summed E-state index contributed by atoms with van der Waals surface area (Å²) in [4.78, 5) is 11.8. The lowest BCUT2D eigenvalue weighted by Gasteiger charge is -2.44. The van der Waals surface area contributed by atoms with Crippen LogP contribution in [0.2, 0.25) is 0 Å². The molecular formula is C21H26F4N4O3S. The first kappa shape index (κ1) is 25.2. The second-order valence-electron chi connectivity index (χ2n) is 8.31. The summed E-state index contributed by atoms with van der Waals surface area (Å²) >= 11 is 0. The zero-order valence-electron chi connectivity index (χ0n) is 18.7. The molecule has 1 aliphatic heterocycles. The summed E-state index contributed by atoms with van der Waals surface area (Å²) in [6, 6.07) is 3.88. The van der Waals surface area contributed by atoms with Gasteiger partial charge in [0.2, 0.25) is 5.95 Å². The Morgan fingerprint density at radius 3 is 2.30 bits per heavy atom. The molecule has 0 amide bonds. The van der Waals surface area contributed by atoms with Crippen molar-refractivity contribution in [1.82, 2.24) is 9.97 Å². The van der Waals surface area contributed by atoms with Crippen molar-refractivity contribution < 1.29 is 30.7 Å². The molecule has 1 aromatic carbocycles. The quantitative estimate of drug-likeness (QED) is 0.573. The average molecular weight is 491 g/mol. The summed E-state index contributed by atoms with van der Waals surface area (Å²) in [5, 5.41) is 0. The number of methoxy groups -OCH3 is 1. The average Bonchev–Trinajstić information content (AvgIpc) is 2.73. The molecule has 2 heterocycles. The summed E-state index contributed by atoms with van der Waals surface area (Å²) in [5.41, 5.74) is 0.389. The number of alkyl halides is 3. The molecule has 1 aromatic heterocycles. The molecule has 0 bridgehead atoms. The molecule has 12 heteroatoms. The van der Waals surface area contributed by atoms with Crippen LogP contribution >= 0.6 is 0 Å². The second-order valence-corrected chi connectivity index (χ2v) is 10.3. The van der Waals surface area contributed by atoms with Crippen molar-refractivity contribution in [2.75, 3.05) is 42.8 Å². The van der Waals surface area contributed by atoms with Crippen LogP contribution in [0.3, 0.4) is 0 Å². The molecule has 1 saturated heterocycles. The van der Waals surface area contributed by atoms with Gasteiger partial charge in [-0.2, -0.15) is 13.2 Å². The molecule has 1 fully saturated rings. The largest absolute Gasteiger partial charge is 0.418 e. The Morgan fingerprint density at radius 2 is 1.79 bits per heavy atom. The van der Waals surface area contributed by atoms with Crippen molar-refractivity contribution in [2.45, 2.75) is 37.1 Å². The van der Waals surface area contributed by atoms with Crippen molar-refractivity contribution in [2.24, 2.45) is 5.92 Å².